The Morgan fingerprint density at radius 1 is 1.16 bits per heavy atom. The van der Waals surface area contributed by atoms with E-state index in [4.69, 9.17) is 0 Å². The Kier molecular flexibility index (Phi) is 3.93. The van der Waals surface area contributed by atoms with Gasteiger partial charge in [-0.05, 0) is 68.8 Å². The zero-order chi connectivity index (χ0) is 13.2. The van der Waals surface area contributed by atoms with Gasteiger partial charge in [0.2, 0.25) is 0 Å². The van der Waals surface area contributed by atoms with Crippen LogP contribution in [0.1, 0.15) is 49.7 Å². The van der Waals surface area contributed by atoms with Gasteiger partial charge in [-0.15, -0.1) is 0 Å². The van der Waals surface area contributed by atoms with Crippen molar-refractivity contribution in [3.05, 3.63) is 35.4 Å². The molecule has 19 heavy (non-hydrogen) atoms. The standard InChI is InChI=1S/C18H26O/c1-13-2-4-14(5-3-13)7-9-18(19)12-17-11-15-6-8-16(17)10-15/h2-5,15-19H,6-12H2,1H3. The molecular weight excluding hydrogens is 232 g/mol. The van der Waals surface area contributed by atoms with Crippen LogP contribution in [0.3, 0.4) is 0 Å². The fourth-order valence-electron chi connectivity index (χ4n) is 4.22. The van der Waals surface area contributed by atoms with E-state index in [0.717, 1.165) is 37.0 Å². The highest BCUT2D eigenvalue weighted by atomic mass is 16.3. The maximum atomic E-state index is 10.3. The van der Waals surface area contributed by atoms with E-state index in [0.29, 0.717) is 0 Å². The van der Waals surface area contributed by atoms with Crippen molar-refractivity contribution in [2.45, 2.75) is 58.0 Å². The predicted octanol–water partition coefficient (Wildman–Crippen LogP) is 4.11. The van der Waals surface area contributed by atoms with Crippen LogP contribution in [0.15, 0.2) is 24.3 Å². The van der Waals surface area contributed by atoms with Crippen molar-refractivity contribution in [3.8, 4) is 0 Å². The number of rotatable bonds is 5. The van der Waals surface area contributed by atoms with E-state index in [1.807, 2.05) is 0 Å². The highest BCUT2D eigenvalue weighted by Gasteiger charge is 2.39. The van der Waals surface area contributed by atoms with Gasteiger partial charge in [-0.3, -0.25) is 0 Å². The molecule has 2 aliphatic carbocycles. The van der Waals surface area contributed by atoms with Crippen molar-refractivity contribution in [2.75, 3.05) is 0 Å². The smallest absolute Gasteiger partial charge is 0.0546 e. The number of fused-ring (bicyclic) bond motifs is 2. The summed E-state index contributed by atoms with van der Waals surface area (Å²) in [6.45, 7) is 2.12. The third kappa shape index (κ3) is 3.20. The van der Waals surface area contributed by atoms with Gasteiger partial charge < -0.3 is 5.11 Å². The Balaban J connectivity index is 1.44. The van der Waals surface area contributed by atoms with E-state index in [9.17, 15) is 5.11 Å². The first-order chi connectivity index (χ1) is 9.20. The first-order valence-electron chi connectivity index (χ1n) is 7.94. The zero-order valence-corrected chi connectivity index (χ0v) is 12.0. The average Bonchev–Trinajstić information content (AvgIpc) is 3.00. The molecule has 0 spiro atoms. The van der Waals surface area contributed by atoms with Crippen LogP contribution in [0.25, 0.3) is 0 Å². The minimum atomic E-state index is -0.0920. The largest absolute Gasteiger partial charge is 0.393 e. The van der Waals surface area contributed by atoms with Crippen molar-refractivity contribution in [1.82, 2.24) is 0 Å². The lowest BCUT2D eigenvalue weighted by Crippen LogP contribution is -2.19. The van der Waals surface area contributed by atoms with Crippen LogP contribution in [0.2, 0.25) is 0 Å². The van der Waals surface area contributed by atoms with Crippen LogP contribution in [-0.2, 0) is 6.42 Å². The van der Waals surface area contributed by atoms with Gasteiger partial charge in [0.05, 0.1) is 6.10 Å². The Morgan fingerprint density at radius 3 is 2.58 bits per heavy atom. The number of benzene rings is 1. The number of aryl methyl sites for hydroxylation is 2. The Hall–Kier alpha value is -0.820. The number of hydrogen-bond acceptors (Lipinski definition) is 1. The predicted molar refractivity (Wildman–Crippen MR) is 79.1 cm³/mol. The molecule has 1 N–H and O–H groups in total. The molecule has 0 amide bonds. The summed E-state index contributed by atoms with van der Waals surface area (Å²) in [6, 6.07) is 8.72. The van der Waals surface area contributed by atoms with E-state index in [-0.39, 0.29) is 6.10 Å². The number of aliphatic hydroxyl groups excluding tert-OH is 1. The molecule has 2 aliphatic rings. The van der Waals surface area contributed by atoms with Gasteiger partial charge in [0.15, 0.2) is 0 Å². The normalized spacial score (nSPS) is 30.7. The third-order valence-electron chi connectivity index (χ3n) is 5.35. The van der Waals surface area contributed by atoms with Crippen LogP contribution in [0.5, 0.6) is 0 Å². The molecule has 0 heterocycles. The molecule has 3 rings (SSSR count). The summed E-state index contributed by atoms with van der Waals surface area (Å²) < 4.78 is 0. The topological polar surface area (TPSA) is 20.2 Å². The molecule has 0 radical (unpaired) electrons. The van der Waals surface area contributed by atoms with E-state index >= 15 is 0 Å². The lowest BCUT2D eigenvalue weighted by atomic mass is 9.84. The van der Waals surface area contributed by atoms with Crippen molar-refractivity contribution in [1.29, 1.82) is 0 Å². The summed E-state index contributed by atoms with van der Waals surface area (Å²) in [4.78, 5) is 0. The maximum absolute atomic E-state index is 10.3. The van der Waals surface area contributed by atoms with Crippen molar-refractivity contribution >= 4 is 0 Å². The highest BCUT2D eigenvalue weighted by Crippen LogP contribution is 2.50. The van der Waals surface area contributed by atoms with Gasteiger partial charge in [-0.1, -0.05) is 36.2 Å². The van der Waals surface area contributed by atoms with E-state index in [2.05, 4.69) is 31.2 Å². The van der Waals surface area contributed by atoms with Gasteiger partial charge in [0.25, 0.3) is 0 Å². The fraction of sp³-hybridized carbons (Fsp3) is 0.667. The van der Waals surface area contributed by atoms with Crippen molar-refractivity contribution < 1.29 is 5.11 Å². The summed E-state index contributed by atoms with van der Waals surface area (Å²) in [6.07, 6.45) is 8.64. The minimum Gasteiger partial charge on any atom is -0.393 e. The van der Waals surface area contributed by atoms with Crippen LogP contribution in [0.4, 0.5) is 0 Å². The van der Waals surface area contributed by atoms with Gasteiger partial charge in [0, 0.05) is 0 Å². The fourth-order valence-corrected chi connectivity index (χ4v) is 4.22. The highest BCUT2D eigenvalue weighted by molar-refractivity contribution is 5.21. The van der Waals surface area contributed by atoms with Gasteiger partial charge in [-0.2, -0.15) is 0 Å². The summed E-state index contributed by atoms with van der Waals surface area (Å²) in [5.74, 6) is 2.77. The third-order valence-corrected chi connectivity index (χ3v) is 5.35. The molecule has 0 saturated heterocycles. The Morgan fingerprint density at radius 2 is 1.95 bits per heavy atom. The van der Waals surface area contributed by atoms with Crippen LogP contribution in [-0.4, -0.2) is 11.2 Å². The lowest BCUT2D eigenvalue weighted by Gasteiger charge is -2.24. The summed E-state index contributed by atoms with van der Waals surface area (Å²) >= 11 is 0. The van der Waals surface area contributed by atoms with Crippen molar-refractivity contribution in [2.24, 2.45) is 17.8 Å². The van der Waals surface area contributed by atoms with E-state index in [1.165, 1.54) is 36.8 Å². The summed E-state index contributed by atoms with van der Waals surface area (Å²) in [5.41, 5.74) is 2.67. The molecule has 2 bridgehead atoms. The Labute approximate surface area is 117 Å². The summed E-state index contributed by atoms with van der Waals surface area (Å²) in [5, 5.41) is 10.3. The second kappa shape index (κ2) is 5.66. The van der Waals surface area contributed by atoms with Gasteiger partial charge >= 0.3 is 0 Å². The number of hydrogen-bond donors (Lipinski definition) is 1. The molecule has 4 atom stereocenters. The SMILES string of the molecule is Cc1ccc(CCC(O)CC2CC3CCC2C3)cc1. The number of aliphatic hydroxyl groups is 1. The van der Waals surface area contributed by atoms with Gasteiger partial charge in [0.1, 0.15) is 0 Å². The molecule has 1 aromatic rings. The molecule has 1 heteroatoms. The van der Waals surface area contributed by atoms with Crippen molar-refractivity contribution in [3.63, 3.8) is 0 Å². The first kappa shape index (κ1) is 13.2. The maximum Gasteiger partial charge on any atom is 0.0546 e. The molecule has 1 nitrogen and oxygen atoms in total. The quantitative estimate of drug-likeness (QED) is 0.842. The Bertz CT molecular complexity index is 408. The second-order valence-electron chi connectivity index (χ2n) is 6.85. The molecular formula is C18H26O. The van der Waals surface area contributed by atoms with Crippen LogP contribution >= 0.6 is 0 Å². The van der Waals surface area contributed by atoms with Crippen LogP contribution < -0.4 is 0 Å². The summed E-state index contributed by atoms with van der Waals surface area (Å²) in [7, 11) is 0. The molecule has 2 saturated carbocycles. The molecule has 2 fully saturated rings. The van der Waals surface area contributed by atoms with E-state index < -0.39 is 0 Å². The van der Waals surface area contributed by atoms with E-state index in [1.54, 1.807) is 0 Å². The molecule has 4 unspecified atom stereocenters. The zero-order valence-electron chi connectivity index (χ0n) is 12.0. The average molecular weight is 258 g/mol. The molecule has 104 valence electrons. The second-order valence-corrected chi connectivity index (χ2v) is 6.85. The monoisotopic (exact) mass is 258 g/mol. The first-order valence-corrected chi connectivity index (χ1v) is 7.94. The lowest BCUT2D eigenvalue weighted by molar-refractivity contribution is 0.117. The molecule has 0 aromatic heterocycles. The molecule has 1 aromatic carbocycles. The van der Waals surface area contributed by atoms with Crippen LogP contribution in [0, 0.1) is 24.7 Å². The minimum absolute atomic E-state index is 0.0920. The molecule has 0 aliphatic heterocycles. The van der Waals surface area contributed by atoms with Gasteiger partial charge in [-0.25, -0.2) is 0 Å².